The first-order valence-corrected chi connectivity index (χ1v) is 14.6. The highest BCUT2D eigenvalue weighted by atomic mass is 32.5. The Hall–Kier alpha value is -3.34. The van der Waals surface area contributed by atoms with E-state index in [0.717, 1.165) is 21.9 Å². The lowest BCUT2D eigenvalue weighted by Crippen LogP contribution is -2.33. The number of nitrogens with one attached hydrogen (secondary N) is 2. The van der Waals surface area contributed by atoms with Gasteiger partial charge in [-0.1, -0.05) is 5.21 Å². The van der Waals surface area contributed by atoms with Crippen LogP contribution in [0, 0.1) is 0 Å². The molecule has 2 fully saturated rings. The van der Waals surface area contributed by atoms with Gasteiger partial charge in [-0.3, -0.25) is 23.7 Å². The van der Waals surface area contributed by atoms with Gasteiger partial charge in [-0.15, -0.1) is 5.10 Å². The van der Waals surface area contributed by atoms with Crippen molar-refractivity contribution in [3.05, 3.63) is 33.4 Å². The molecular weight excluding hydrogens is 613 g/mol. The molecule has 0 aliphatic carbocycles. The van der Waals surface area contributed by atoms with Crippen molar-refractivity contribution in [2.75, 3.05) is 18.9 Å². The summed E-state index contributed by atoms with van der Waals surface area (Å²) < 4.78 is 54.0. The molecule has 4 aromatic heterocycles. The summed E-state index contributed by atoms with van der Waals surface area (Å²) in [6.07, 6.45) is -11.3. The maximum absolute atomic E-state index is 15.3. The van der Waals surface area contributed by atoms with Gasteiger partial charge < -0.3 is 39.8 Å². The Morgan fingerprint density at radius 2 is 1.88 bits per heavy atom. The largest absolute Gasteiger partial charge is 0.394 e. The van der Waals surface area contributed by atoms with E-state index in [0.29, 0.717) is 0 Å². The van der Waals surface area contributed by atoms with Crippen molar-refractivity contribution in [1.29, 1.82) is 0 Å². The topological polar surface area (TPSA) is 264 Å². The van der Waals surface area contributed by atoms with E-state index >= 15 is 8.78 Å². The van der Waals surface area contributed by atoms with E-state index in [1.54, 1.807) is 0 Å². The number of aliphatic hydroxyl groups excluding tert-OH is 2. The highest BCUT2D eigenvalue weighted by Gasteiger charge is 2.51. The predicted octanol–water partition coefficient (Wildman–Crippen LogP) is -2.33. The maximum atomic E-state index is 15.3. The molecule has 0 radical (unpaired) electrons. The Balaban J connectivity index is 1.19. The van der Waals surface area contributed by atoms with Crippen molar-refractivity contribution in [2.45, 2.75) is 49.2 Å². The molecule has 2 aliphatic rings. The number of aromatic amines is 2. The number of imidazole rings is 1. The second kappa shape index (κ2) is 10.7. The highest BCUT2D eigenvalue weighted by molar-refractivity contribution is 8.07. The van der Waals surface area contributed by atoms with Crippen LogP contribution in [-0.2, 0) is 30.3 Å². The number of hydrogen-bond acceptors (Lipinski definition) is 15. The highest BCUT2D eigenvalue weighted by Crippen LogP contribution is 2.50. The smallest absolute Gasteiger partial charge is 0.325 e. The lowest BCUT2D eigenvalue weighted by Gasteiger charge is -2.25. The van der Waals surface area contributed by atoms with Crippen molar-refractivity contribution >= 4 is 46.8 Å². The van der Waals surface area contributed by atoms with E-state index in [9.17, 15) is 24.7 Å². The fourth-order valence-corrected chi connectivity index (χ4v) is 6.05. The van der Waals surface area contributed by atoms with Crippen molar-refractivity contribution < 1.29 is 42.4 Å². The summed E-state index contributed by atoms with van der Waals surface area (Å²) in [4.78, 5) is 51.1. The molecule has 0 aromatic carbocycles. The third-order valence-electron chi connectivity index (χ3n) is 6.63. The Kier molecular flexibility index (Phi) is 7.35. The third-order valence-corrected chi connectivity index (χ3v) is 8.19. The summed E-state index contributed by atoms with van der Waals surface area (Å²) >= 11 is 5.02. The van der Waals surface area contributed by atoms with E-state index in [2.05, 4.69) is 35.2 Å². The summed E-state index contributed by atoms with van der Waals surface area (Å²) in [5, 5.41) is 27.4. The number of anilines is 1. The molecule has 19 nitrogen and oxygen atoms in total. The molecule has 6 heterocycles. The van der Waals surface area contributed by atoms with Crippen molar-refractivity contribution in [2.24, 2.45) is 0 Å². The zero-order valence-corrected chi connectivity index (χ0v) is 22.5. The number of hydrogen-bond donors (Lipinski definition) is 6. The minimum atomic E-state index is -4.39. The Labute approximate surface area is 235 Å². The van der Waals surface area contributed by atoms with Gasteiger partial charge in [0.1, 0.15) is 24.4 Å². The van der Waals surface area contributed by atoms with E-state index in [-0.39, 0.29) is 28.3 Å². The predicted molar refractivity (Wildman–Crippen MR) is 137 cm³/mol. The van der Waals surface area contributed by atoms with Crippen LogP contribution in [0.5, 0.6) is 0 Å². The molecule has 23 heteroatoms. The minimum absolute atomic E-state index is 0.00523. The van der Waals surface area contributed by atoms with E-state index in [1.807, 2.05) is 0 Å². The fourth-order valence-electron chi connectivity index (χ4n) is 4.65. The number of alkyl halides is 2. The average Bonchev–Trinajstić information content (AvgIpc) is 3.69. The lowest BCUT2D eigenvalue weighted by atomic mass is 10.1. The van der Waals surface area contributed by atoms with Crippen LogP contribution in [0.15, 0.2) is 22.2 Å². The number of ether oxygens (including phenoxy) is 2. The number of rotatable bonds is 8. The number of nitrogens with two attached hydrogens (primary N) is 1. The minimum Gasteiger partial charge on any atom is -0.394 e. The van der Waals surface area contributed by atoms with Crippen LogP contribution < -0.4 is 16.9 Å². The van der Waals surface area contributed by atoms with Gasteiger partial charge in [-0.05, 0) is 11.8 Å². The van der Waals surface area contributed by atoms with Gasteiger partial charge in [0.15, 0.2) is 47.1 Å². The number of H-pyrrole nitrogens is 2. The molecule has 0 spiro atoms. The van der Waals surface area contributed by atoms with Crippen molar-refractivity contribution in [1.82, 2.24) is 44.5 Å². The van der Waals surface area contributed by atoms with Gasteiger partial charge in [0.05, 0.1) is 25.9 Å². The van der Waals surface area contributed by atoms with Crippen LogP contribution in [-0.4, -0.2) is 110 Å². The van der Waals surface area contributed by atoms with Crippen LogP contribution in [0.25, 0.3) is 22.3 Å². The van der Waals surface area contributed by atoms with E-state index < -0.39 is 80.3 Å². The molecule has 226 valence electrons. The Morgan fingerprint density at radius 3 is 2.64 bits per heavy atom. The molecule has 2 aliphatic heterocycles. The molecular formula is C19H21F2N10O9PS. The van der Waals surface area contributed by atoms with Crippen LogP contribution in [0.1, 0.15) is 12.5 Å². The standard InChI is InChI=1S/C19H21F2N10O9PS/c20-7-5(1-32)38-18(31-14-10(28-29-31)16(35)27-19(22)26-14)12(7)40-41(36,42)37-2-6-11(33)8(21)17(39-6)30-4-25-9-13(30)23-3-24-15(9)34/h3-8,11-12,17-18,32-33H,1-2H2,(H,36,42)(H,23,24,34)(H3,22,26,27,35)/t5-,6-,7-,8+,11-,12-,17-,18-,41?/m1/s1. The van der Waals surface area contributed by atoms with Gasteiger partial charge >= 0.3 is 6.72 Å². The zero-order valence-electron chi connectivity index (χ0n) is 20.8. The Morgan fingerprint density at radius 1 is 1.12 bits per heavy atom. The molecule has 0 saturated carbocycles. The van der Waals surface area contributed by atoms with E-state index in [4.69, 9.17) is 36.1 Å². The molecule has 4 aromatic rings. The number of nitrogens with zero attached hydrogens (tertiary/aromatic N) is 7. The SMILES string of the molecule is Nc1nc2c(nnn2[C@@H]2O[C@H](CO)[C@@H](F)[C@H]2OP(O)(=S)OC[C@H]2O[C@@H](n3cnc4c(=O)[nH]cnc43)[C@@H](F)[C@@H]2O)c(=O)[nH]1. The van der Waals surface area contributed by atoms with Gasteiger partial charge in [0.25, 0.3) is 11.1 Å². The van der Waals surface area contributed by atoms with Crippen molar-refractivity contribution in [3.8, 4) is 0 Å². The van der Waals surface area contributed by atoms with Crippen LogP contribution in [0.3, 0.4) is 0 Å². The molecule has 7 N–H and O–H groups in total. The maximum Gasteiger partial charge on any atom is 0.325 e. The fraction of sp³-hybridized carbons (Fsp3) is 0.526. The average molecular weight is 634 g/mol. The molecule has 42 heavy (non-hydrogen) atoms. The molecule has 0 amide bonds. The molecule has 1 unspecified atom stereocenters. The summed E-state index contributed by atoms with van der Waals surface area (Å²) in [5.74, 6) is -0.302. The van der Waals surface area contributed by atoms with Crippen LogP contribution >= 0.6 is 6.72 Å². The first-order valence-electron chi connectivity index (χ1n) is 12.0. The van der Waals surface area contributed by atoms with Crippen LogP contribution in [0.2, 0.25) is 0 Å². The van der Waals surface area contributed by atoms with Crippen molar-refractivity contribution in [3.63, 3.8) is 0 Å². The van der Waals surface area contributed by atoms with Gasteiger partial charge in [-0.25, -0.2) is 18.7 Å². The molecule has 2 saturated heterocycles. The third kappa shape index (κ3) is 4.89. The van der Waals surface area contributed by atoms with Gasteiger partial charge in [-0.2, -0.15) is 9.67 Å². The summed E-state index contributed by atoms with van der Waals surface area (Å²) in [6, 6.07) is 0. The molecule has 6 rings (SSSR count). The first-order chi connectivity index (χ1) is 20.0. The number of aromatic nitrogens is 9. The summed E-state index contributed by atoms with van der Waals surface area (Å²) in [6.45, 7) is -5.90. The second-order valence-corrected chi connectivity index (χ2v) is 12.0. The zero-order chi connectivity index (χ0) is 29.9. The normalized spacial score (nSPS) is 31.3. The van der Waals surface area contributed by atoms with Crippen LogP contribution in [0.4, 0.5) is 14.7 Å². The van der Waals surface area contributed by atoms with Gasteiger partial charge in [0, 0.05) is 0 Å². The lowest BCUT2D eigenvalue weighted by molar-refractivity contribution is -0.0596. The Bertz CT molecular complexity index is 1800. The number of aliphatic hydroxyl groups is 2. The molecule has 9 atom stereocenters. The summed E-state index contributed by atoms with van der Waals surface area (Å²) in [7, 11) is 0. The quantitative estimate of drug-likeness (QED) is 0.111. The number of halogens is 2. The number of nitrogen functional groups attached to an aromatic ring is 1. The van der Waals surface area contributed by atoms with Gasteiger partial charge in [0.2, 0.25) is 5.95 Å². The molecule has 0 bridgehead atoms. The summed E-state index contributed by atoms with van der Waals surface area (Å²) in [5.41, 5.74) is 3.72. The monoisotopic (exact) mass is 634 g/mol. The second-order valence-electron chi connectivity index (χ2n) is 9.24. The number of fused-ring (bicyclic) bond motifs is 2. The van der Waals surface area contributed by atoms with E-state index in [1.165, 1.54) is 0 Å². The first kappa shape index (κ1) is 28.8.